The summed E-state index contributed by atoms with van der Waals surface area (Å²) in [7, 11) is 0. The molecule has 0 bridgehead atoms. The highest BCUT2D eigenvalue weighted by atomic mass is 19.1. The van der Waals surface area contributed by atoms with Crippen molar-refractivity contribution < 1.29 is 4.39 Å². The first kappa shape index (κ1) is 15.4. The molecule has 1 aliphatic rings. The molecule has 1 aliphatic heterocycles. The molecule has 1 fully saturated rings. The summed E-state index contributed by atoms with van der Waals surface area (Å²) < 4.78 is 13.3. The minimum atomic E-state index is -0.253. The lowest BCUT2D eigenvalue weighted by Gasteiger charge is -2.46. The first-order valence-corrected chi connectivity index (χ1v) is 7.50. The van der Waals surface area contributed by atoms with Gasteiger partial charge in [0.25, 0.3) is 0 Å². The topological polar surface area (TPSA) is 28.2 Å². The summed E-state index contributed by atoms with van der Waals surface area (Å²) in [5, 5.41) is 3.62. The van der Waals surface area contributed by atoms with Gasteiger partial charge in [-0.05, 0) is 31.4 Å². The van der Waals surface area contributed by atoms with E-state index < -0.39 is 0 Å². The highest BCUT2D eigenvalue weighted by Gasteiger charge is 2.34. The number of halogens is 1. The van der Waals surface area contributed by atoms with Crippen molar-refractivity contribution >= 4 is 0 Å². The zero-order valence-electron chi connectivity index (χ0n) is 13.0. The summed E-state index contributed by atoms with van der Waals surface area (Å²) in [5.41, 5.74) is 1.06. The van der Waals surface area contributed by atoms with E-state index in [9.17, 15) is 4.39 Å². The van der Waals surface area contributed by atoms with E-state index in [4.69, 9.17) is 0 Å². The zero-order chi connectivity index (χ0) is 14.8. The van der Waals surface area contributed by atoms with Gasteiger partial charge in [-0.1, -0.05) is 20.3 Å². The molecule has 2 heterocycles. The van der Waals surface area contributed by atoms with Crippen LogP contribution in [0.5, 0.6) is 0 Å². The van der Waals surface area contributed by atoms with Crippen molar-refractivity contribution in [2.75, 3.05) is 13.1 Å². The van der Waals surface area contributed by atoms with E-state index in [-0.39, 0.29) is 11.4 Å². The highest BCUT2D eigenvalue weighted by Crippen LogP contribution is 2.24. The maximum absolute atomic E-state index is 13.3. The Kier molecular flexibility index (Phi) is 4.76. The van der Waals surface area contributed by atoms with Crippen LogP contribution in [0.4, 0.5) is 4.39 Å². The molecular weight excluding hydrogens is 253 g/mol. The third kappa shape index (κ3) is 3.76. The van der Waals surface area contributed by atoms with Crippen LogP contribution in [0.15, 0.2) is 18.5 Å². The molecule has 20 heavy (non-hydrogen) atoms. The molecule has 2 atom stereocenters. The van der Waals surface area contributed by atoms with E-state index in [1.165, 1.54) is 6.20 Å². The Hall–Kier alpha value is -1.00. The van der Waals surface area contributed by atoms with E-state index in [1.807, 2.05) is 0 Å². The average molecular weight is 279 g/mol. The predicted octanol–water partition coefficient (Wildman–Crippen LogP) is 2.82. The van der Waals surface area contributed by atoms with Crippen LogP contribution in [0, 0.1) is 11.7 Å². The fourth-order valence-electron chi connectivity index (χ4n) is 2.97. The Bertz CT molecular complexity index is 447. The smallest absolute Gasteiger partial charge is 0.141 e. The van der Waals surface area contributed by atoms with Crippen molar-refractivity contribution in [1.29, 1.82) is 0 Å². The van der Waals surface area contributed by atoms with Crippen LogP contribution < -0.4 is 5.32 Å². The van der Waals surface area contributed by atoms with Gasteiger partial charge in [-0.3, -0.25) is 9.88 Å². The lowest BCUT2D eigenvalue weighted by molar-refractivity contribution is 0.0570. The van der Waals surface area contributed by atoms with Crippen LogP contribution in [-0.4, -0.2) is 34.6 Å². The maximum Gasteiger partial charge on any atom is 0.141 e. The van der Waals surface area contributed by atoms with E-state index in [0.717, 1.165) is 31.6 Å². The van der Waals surface area contributed by atoms with Gasteiger partial charge in [0.1, 0.15) is 5.82 Å². The van der Waals surface area contributed by atoms with E-state index in [0.29, 0.717) is 12.0 Å². The van der Waals surface area contributed by atoms with Crippen molar-refractivity contribution in [3.63, 3.8) is 0 Å². The van der Waals surface area contributed by atoms with Crippen LogP contribution in [0.25, 0.3) is 0 Å². The molecule has 1 N–H and O–H groups in total. The minimum absolute atomic E-state index is 0.102. The van der Waals surface area contributed by atoms with Crippen LogP contribution in [-0.2, 0) is 6.54 Å². The number of hydrogen-bond acceptors (Lipinski definition) is 3. The number of aromatic nitrogens is 1. The molecule has 0 aromatic carbocycles. The van der Waals surface area contributed by atoms with Crippen LogP contribution >= 0.6 is 0 Å². The first-order valence-electron chi connectivity index (χ1n) is 7.50. The number of nitrogens with zero attached hydrogens (tertiary/aromatic N) is 2. The molecule has 0 amide bonds. The molecule has 3 nitrogen and oxygen atoms in total. The predicted molar refractivity (Wildman–Crippen MR) is 79.9 cm³/mol. The van der Waals surface area contributed by atoms with E-state index in [2.05, 4.69) is 42.9 Å². The molecule has 0 radical (unpaired) electrons. The molecule has 0 spiro atoms. The highest BCUT2D eigenvalue weighted by molar-refractivity contribution is 5.11. The quantitative estimate of drug-likeness (QED) is 0.918. The fraction of sp³-hybridized carbons (Fsp3) is 0.688. The molecule has 0 saturated carbocycles. The van der Waals surface area contributed by atoms with Crippen molar-refractivity contribution in [2.24, 2.45) is 5.92 Å². The second kappa shape index (κ2) is 6.19. The lowest BCUT2D eigenvalue weighted by atomic mass is 9.90. The first-order chi connectivity index (χ1) is 9.41. The molecule has 2 rings (SSSR count). The Morgan fingerprint density at radius 3 is 2.90 bits per heavy atom. The standard InChI is InChI=1S/C16H26FN3/c1-5-12(2)15-9-19-16(3,4)11-20(15)10-13-6-14(17)8-18-7-13/h6-8,12,15,19H,5,9-11H2,1-4H3. The third-order valence-electron chi connectivity index (χ3n) is 4.31. The third-order valence-corrected chi connectivity index (χ3v) is 4.31. The van der Waals surface area contributed by atoms with Crippen LogP contribution in [0.3, 0.4) is 0 Å². The van der Waals surface area contributed by atoms with Gasteiger partial charge in [-0.15, -0.1) is 0 Å². The summed E-state index contributed by atoms with van der Waals surface area (Å²) in [6.45, 7) is 11.7. The summed E-state index contributed by atoms with van der Waals surface area (Å²) in [6, 6.07) is 2.09. The van der Waals surface area contributed by atoms with Gasteiger partial charge in [0.2, 0.25) is 0 Å². The lowest BCUT2D eigenvalue weighted by Crippen LogP contribution is -2.62. The Morgan fingerprint density at radius 1 is 1.50 bits per heavy atom. The molecule has 0 aliphatic carbocycles. The summed E-state index contributed by atoms with van der Waals surface area (Å²) >= 11 is 0. The monoisotopic (exact) mass is 279 g/mol. The minimum Gasteiger partial charge on any atom is -0.309 e. The van der Waals surface area contributed by atoms with Crippen molar-refractivity contribution in [1.82, 2.24) is 15.2 Å². The van der Waals surface area contributed by atoms with E-state index in [1.54, 1.807) is 12.3 Å². The zero-order valence-corrected chi connectivity index (χ0v) is 13.0. The normalized spacial score (nSPS) is 24.6. The molecule has 1 aromatic rings. The number of piperazine rings is 1. The van der Waals surface area contributed by atoms with Crippen molar-refractivity contribution in [3.8, 4) is 0 Å². The fourth-order valence-corrected chi connectivity index (χ4v) is 2.97. The van der Waals surface area contributed by atoms with Crippen molar-refractivity contribution in [3.05, 3.63) is 29.8 Å². The molecule has 4 heteroatoms. The van der Waals surface area contributed by atoms with Gasteiger partial charge >= 0.3 is 0 Å². The van der Waals surface area contributed by atoms with Gasteiger partial charge in [0.15, 0.2) is 0 Å². The van der Waals surface area contributed by atoms with E-state index >= 15 is 0 Å². The molecular formula is C16H26FN3. The summed E-state index contributed by atoms with van der Waals surface area (Å²) in [6.07, 6.45) is 4.19. The van der Waals surface area contributed by atoms with Crippen molar-refractivity contribution in [2.45, 2.75) is 52.2 Å². The molecule has 1 saturated heterocycles. The number of nitrogens with one attached hydrogen (secondary N) is 1. The van der Waals surface area contributed by atoms with Gasteiger partial charge < -0.3 is 5.32 Å². The largest absolute Gasteiger partial charge is 0.309 e. The van der Waals surface area contributed by atoms with Crippen LogP contribution in [0.1, 0.15) is 39.7 Å². The number of rotatable bonds is 4. The molecule has 2 unspecified atom stereocenters. The Morgan fingerprint density at radius 2 is 2.25 bits per heavy atom. The maximum atomic E-state index is 13.3. The second-order valence-corrected chi connectivity index (χ2v) is 6.63. The number of hydrogen-bond donors (Lipinski definition) is 1. The second-order valence-electron chi connectivity index (χ2n) is 6.63. The molecule has 112 valence electrons. The Balaban J connectivity index is 2.14. The average Bonchev–Trinajstić information content (AvgIpc) is 2.37. The molecule has 1 aromatic heterocycles. The van der Waals surface area contributed by atoms with Gasteiger partial charge in [-0.2, -0.15) is 0 Å². The summed E-state index contributed by atoms with van der Waals surface area (Å²) in [5.74, 6) is 0.372. The van der Waals surface area contributed by atoms with Crippen LogP contribution in [0.2, 0.25) is 0 Å². The summed E-state index contributed by atoms with van der Waals surface area (Å²) in [4.78, 5) is 6.43. The SMILES string of the molecule is CCC(C)C1CNC(C)(C)CN1Cc1cncc(F)c1. The Labute approximate surface area is 121 Å². The van der Waals surface area contributed by atoms with Gasteiger partial charge in [0, 0.05) is 37.4 Å². The van der Waals surface area contributed by atoms with Gasteiger partial charge in [0.05, 0.1) is 6.20 Å². The van der Waals surface area contributed by atoms with Gasteiger partial charge in [-0.25, -0.2) is 4.39 Å². The number of pyridine rings is 1.